The molecule has 1 aromatic carbocycles. The fourth-order valence-corrected chi connectivity index (χ4v) is 1.91. The van der Waals surface area contributed by atoms with Crippen molar-refractivity contribution in [1.82, 2.24) is 10.3 Å². The summed E-state index contributed by atoms with van der Waals surface area (Å²) in [5, 5.41) is 2.88. The molecule has 0 aliphatic carbocycles. The summed E-state index contributed by atoms with van der Waals surface area (Å²) in [7, 11) is 3.78. The SMILES string of the molecule is CN(C)c1ccc(N)cc1C(=O)NCc1cccnc1. The normalized spacial score (nSPS) is 10.1. The molecule has 104 valence electrons. The van der Waals surface area contributed by atoms with Gasteiger partial charge in [-0.1, -0.05) is 6.07 Å². The third kappa shape index (κ3) is 3.26. The van der Waals surface area contributed by atoms with Gasteiger partial charge in [0.2, 0.25) is 0 Å². The molecule has 0 atom stereocenters. The van der Waals surface area contributed by atoms with Gasteiger partial charge in [0.05, 0.1) is 5.56 Å². The van der Waals surface area contributed by atoms with Crippen LogP contribution in [0.5, 0.6) is 0 Å². The molecular formula is C15H18N4O. The maximum absolute atomic E-state index is 12.3. The van der Waals surface area contributed by atoms with Crippen LogP contribution in [0.3, 0.4) is 0 Å². The number of hydrogen-bond acceptors (Lipinski definition) is 4. The average Bonchev–Trinajstić information content (AvgIpc) is 2.45. The van der Waals surface area contributed by atoms with E-state index in [-0.39, 0.29) is 5.91 Å². The first-order valence-corrected chi connectivity index (χ1v) is 6.32. The van der Waals surface area contributed by atoms with E-state index in [9.17, 15) is 4.79 Å². The molecule has 0 fully saturated rings. The molecule has 0 saturated heterocycles. The zero-order valence-electron chi connectivity index (χ0n) is 11.6. The minimum atomic E-state index is -0.148. The number of carbonyl (C=O) groups is 1. The van der Waals surface area contributed by atoms with Crippen molar-refractivity contribution in [3.8, 4) is 0 Å². The van der Waals surface area contributed by atoms with Crippen molar-refractivity contribution >= 4 is 17.3 Å². The lowest BCUT2D eigenvalue weighted by atomic mass is 10.1. The molecule has 5 heteroatoms. The van der Waals surface area contributed by atoms with Gasteiger partial charge in [-0.3, -0.25) is 9.78 Å². The first-order valence-electron chi connectivity index (χ1n) is 6.32. The van der Waals surface area contributed by atoms with Gasteiger partial charge in [-0.05, 0) is 29.8 Å². The van der Waals surface area contributed by atoms with Crippen molar-refractivity contribution < 1.29 is 4.79 Å². The van der Waals surface area contributed by atoms with E-state index < -0.39 is 0 Å². The summed E-state index contributed by atoms with van der Waals surface area (Å²) in [4.78, 5) is 18.2. The highest BCUT2D eigenvalue weighted by atomic mass is 16.1. The van der Waals surface area contributed by atoms with Gasteiger partial charge in [0.15, 0.2) is 0 Å². The van der Waals surface area contributed by atoms with Crippen LogP contribution in [0.2, 0.25) is 0 Å². The Morgan fingerprint density at radius 1 is 1.35 bits per heavy atom. The zero-order valence-corrected chi connectivity index (χ0v) is 11.6. The fraction of sp³-hybridized carbons (Fsp3) is 0.200. The molecule has 0 radical (unpaired) electrons. The molecule has 2 aromatic rings. The van der Waals surface area contributed by atoms with Crippen LogP contribution in [0, 0.1) is 0 Å². The molecule has 5 nitrogen and oxygen atoms in total. The Bertz CT molecular complexity index is 596. The van der Waals surface area contributed by atoms with Gasteiger partial charge >= 0.3 is 0 Å². The highest BCUT2D eigenvalue weighted by molar-refractivity contribution is 6.00. The minimum Gasteiger partial charge on any atom is -0.399 e. The van der Waals surface area contributed by atoms with Crippen molar-refractivity contribution in [2.75, 3.05) is 24.7 Å². The van der Waals surface area contributed by atoms with E-state index in [1.54, 1.807) is 24.5 Å². The molecule has 1 amide bonds. The molecule has 0 aliphatic heterocycles. The van der Waals surface area contributed by atoms with E-state index in [1.807, 2.05) is 37.2 Å². The molecule has 0 saturated carbocycles. The summed E-state index contributed by atoms with van der Waals surface area (Å²) in [5.41, 5.74) is 8.69. The van der Waals surface area contributed by atoms with Gasteiger partial charge in [0.25, 0.3) is 5.91 Å². The number of anilines is 2. The number of aromatic nitrogens is 1. The van der Waals surface area contributed by atoms with Crippen LogP contribution >= 0.6 is 0 Å². The van der Waals surface area contributed by atoms with E-state index in [2.05, 4.69) is 10.3 Å². The summed E-state index contributed by atoms with van der Waals surface area (Å²) in [6.45, 7) is 0.439. The van der Waals surface area contributed by atoms with Crippen LogP contribution in [0.4, 0.5) is 11.4 Å². The molecule has 0 aliphatic rings. The van der Waals surface area contributed by atoms with E-state index in [0.29, 0.717) is 17.8 Å². The smallest absolute Gasteiger partial charge is 0.253 e. The molecule has 0 spiro atoms. The van der Waals surface area contributed by atoms with Crippen LogP contribution in [0.25, 0.3) is 0 Å². The predicted molar refractivity (Wildman–Crippen MR) is 80.6 cm³/mol. The number of carbonyl (C=O) groups excluding carboxylic acids is 1. The maximum atomic E-state index is 12.3. The Morgan fingerprint density at radius 3 is 2.80 bits per heavy atom. The number of rotatable bonds is 4. The second kappa shape index (κ2) is 6.06. The van der Waals surface area contributed by atoms with Crippen LogP contribution in [-0.2, 0) is 6.54 Å². The quantitative estimate of drug-likeness (QED) is 0.829. The molecule has 0 unspecified atom stereocenters. The Kier molecular flexibility index (Phi) is 4.20. The van der Waals surface area contributed by atoms with Crippen molar-refractivity contribution in [3.05, 3.63) is 53.9 Å². The summed E-state index contributed by atoms with van der Waals surface area (Å²) >= 11 is 0. The molecule has 1 aromatic heterocycles. The number of nitrogens with zero attached hydrogens (tertiary/aromatic N) is 2. The van der Waals surface area contributed by atoms with Crippen molar-refractivity contribution in [2.24, 2.45) is 0 Å². The second-order valence-corrected chi connectivity index (χ2v) is 4.71. The van der Waals surface area contributed by atoms with Gasteiger partial charge in [-0.25, -0.2) is 0 Å². The van der Waals surface area contributed by atoms with Gasteiger partial charge in [-0.2, -0.15) is 0 Å². The monoisotopic (exact) mass is 270 g/mol. The van der Waals surface area contributed by atoms with Crippen LogP contribution < -0.4 is 16.0 Å². The molecule has 3 N–H and O–H groups in total. The third-order valence-electron chi connectivity index (χ3n) is 2.92. The Hall–Kier alpha value is -2.56. The van der Waals surface area contributed by atoms with Crippen LogP contribution in [-0.4, -0.2) is 25.0 Å². The van der Waals surface area contributed by atoms with E-state index >= 15 is 0 Å². The molecule has 0 bridgehead atoms. The van der Waals surface area contributed by atoms with Gasteiger partial charge in [-0.15, -0.1) is 0 Å². The second-order valence-electron chi connectivity index (χ2n) is 4.71. The van der Waals surface area contributed by atoms with Crippen molar-refractivity contribution in [3.63, 3.8) is 0 Å². The van der Waals surface area contributed by atoms with Crippen LogP contribution in [0.1, 0.15) is 15.9 Å². The summed E-state index contributed by atoms with van der Waals surface area (Å²) in [5.74, 6) is -0.148. The number of nitrogen functional groups attached to an aromatic ring is 1. The van der Waals surface area contributed by atoms with Gasteiger partial charge < -0.3 is 16.0 Å². The van der Waals surface area contributed by atoms with Gasteiger partial charge in [0.1, 0.15) is 0 Å². The zero-order chi connectivity index (χ0) is 14.5. The summed E-state index contributed by atoms with van der Waals surface area (Å²) in [6, 6.07) is 9.07. The lowest BCUT2D eigenvalue weighted by molar-refractivity contribution is 0.0951. The Balaban J connectivity index is 2.15. The number of amides is 1. The highest BCUT2D eigenvalue weighted by Crippen LogP contribution is 2.21. The highest BCUT2D eigenvalue weighted by Gasteiger charge is 2.13. The van der Waals surface area contributed by atoms with E-state index in [1.165, 1.54) is 0 Å². The first-order chi connectivity index (χ1) is 9.58. The minimum absolute atomic E-state index is 0.148. The molecule has 20 heavy (non-hydrogen) atoms. The third-order valence-corrected chi connectivity index (χ3v) is 2.92. The standard InChI is InChI=1S/C15H18N4O/c1-19(2)14-6-5-12(16)8-13(14)15(20)18-10-11-4-3-7-17-9-11/h3-9H,10,16H2,1-2H3,(H,18,20). The van der Waals surface area contributed by atoms with E-state index in [4.69, 9.17) is 5.73 Å². The number of hydrogen-bond donors (Lipinski definition) is 2. The van der Waals surface area contributed by atoms with Crippen molar-refractivity contribution in [1.29, 1.82) is 0 Å². The van der Waals surface area contributed by atoms with Gasteiger partial charge in [0, 0.05) is 44.4 Å². The molecule has 1 heterocycles. The number of nitrogens with two attached hydrogens (primary N) is 1. The maximum Gasteiger partial charge on any atom is 0.253 e. The van der Waals surface area contributed by atoms with Crippen molar-refractivity contribution in [2.45, 2.75) is 6.54 Å². The number of benzene rings is 1. The van der Waals surface area contributed by atoms with E-state index in [0.717, 1.165) is 11.3 Å². The lowest BCUT2D eigenvalue weighted by Gasteiger charge is -2.17. The molecular weight excluding hydrogens is 252 g/mol. The van der Waals surface area contributed by atoms with Crippen LogP contribution in [0.15, 0.2) is 42.7 Å². The summed E-state index contributed by atoms with van der Waals surface area (Å²) in [6.07, 6.45) is 3.43. The first kappa shape index (κ1) is 13.9. The molecule has 2 rings (SSSR count). The Morgan fingerprint density at radius 2 is 2.15 bits per heavy atom. The lowest BCUT2D eigenvalue weighted by Crippen LogP contribution is -2.25. The fourth-order valence-electron chi connectivity index (χ4n) is 1.91. The Labute approximate surface area is 118 Å². The summed E-state index contributed by atoms with van der Waals surface area (Å²) < 4.78 is 0. The topological polar surface area (TPSA) is 71.2 Å². The predicted octanol–water partition coefficient (Wildman–Crippen LogP) is 1.66. The number of pyridine rings is 1. The largest absolute Gasteiger partial charge is 0.399 e. The number of nitrogens with one attached hydrogen (secondary N) is 1. The average molecular weight is 270 g/mol.